The molecule has 0 amide bonds. The van der Waals surface area contributed by atoms with Crippen LogP contribution >= 0.6 is 0 Å². The van der Waals surface area contributed by atoms with Crippen molar-refractivity contribution in [2.24, 2.45) is 4.99 Å². The van der Waals surface area contributed by atoms with Crippen molar-refractivity contribution in [3.63, 3.8) is 0 Å². The molecule has 120 valence electrons. The molecule has 0 aliphatic carbocycles. The number of carbonyl (C=O) groups excluding carboxylic acids is 1. The molecule has 1 aromatic heterocycles. The Kier molecular flexibility index (Phi) is 6.97. The zero-order valence-corrected chi connectivity index (χ0v) is 12.8. The summed E-state index contributed by atoms with van der Waals surface area (Å²) in [5.41, 5.74) is 0. The van der Waals surface area contributed by atoms with E-state index in [1.165, 1.54) is 11.1 Å². The van der Waals surface area contributed by atoms with Gasteiger partial charge in [-0.25, -0.2) is 4.98 Å². The number of carboxylic acid groups (broad SMARTS) is 1. The number of aliphatic carboxylic acids is 1. The van der Waals surface area contributed by atoms with E-state index in [2.05, 4.69) is 16.6 Å². The molecule has 8 nitrogen and oxygen atoms in total. The molecule has 0 saturated carbocycles. The summed E-state index contributed by atoms with van der Waals surface area (Å²) < 4.78 is 1.76. The van der Waals surface area contributed by atoms with Gasteiger partial charge >= 0.3 is 5.97 Å². The zero-order valence-electron chi connectivity index (χ0n) is 12.8. The van der Waals surface area contributed by atoms with Crippen molar-refractivity contribution in [3.8, 4) is 0 Å². The van der Waals surface area contributed by atoms with Gasteiger partial charge in [-0.1, -0.05) is 6.58 Å². The third-order valence-corrected chi connectivity index (χ3v) is 3.01. The average molecular weight is 307 g/mol. The Morgan fingerprint density at radius 2 is 2.27 bits per heavy atom. The molecule has 1 rings (SSSR count). The minimum atomic E-state index is -0.953. The van der Waals surface area contributed by atoms with Gasteiger partial charge < -0.3 is 19.4 Å². The van der Waals surface area contributed by atoms with E-state index in [1.807, 2.05) is 11.9 Å². The van der Waals surface area contributed by atoms with E-state index in [9.17, 15) is 9.59 Å². The highest BCUT2D eigenvalue weighted by atomic mass is 16.4. The largest absolute Gasteiger partial charge is 0.480 e. The number of aliphatic imine (C=N–C) groups is 1. The number of carboxylic acids is 1. The van der Waals surface area contributed by atoms with Crippen molar-refractivity contribution in [3.05, 3.63) is 31.0 Å². The molecule has 22 heavy (non-hydrogen) atoms. The molecule has 0 spiro atoms. The second kappa shape index (κ2) is 8.73. The van der Waals surface area contributed by atoms with E-state index in [4.69, 9.17) is 5.11 Å². The first kappa shape index (κ1) is 17.6. The Labute approximate surface area is 129 Å². The molecule has 1 aromatic rings. The van der Waals surface area contributed by atoms with E-state index < -0.39 is 5.97 Å². The Bertz CT molecular complexity index is 552. The SMILES string of the molecule is C=CN(CC(=O)O)C(CN(C)Cc1nccn1CC=O)=NC. The number of amidine groups is 1. The molecular formula is C14H21N5O3. The van der Waals surface area contributed by atoms with Gasteiger partial charge in [0.1, 0.15) is 24.5 Å². The first-order chi connectivity index (χ1) is 10.5. The van der Waals surface area contributed by atoms with Crippen molar-refractivity contribution in [2.45, 2.75) is 13.1 Å². The van der Waals surface area contributed by atoms with Crippen molar-refractivity contribution in [2.75, 3.05) is 27.2 Å². The van der Waals surface area contributed by atoms with Crippen molar-refractivity contribution in [1.29, 1.82) is 0 Å². The van der Waals surface area contributed by atoms with Gasteiger partial charge in [0.25, 0.3) is 0 Å². The zero-order chi connectivity index (χ0) is 16.5. The van der Waals surface area contributed by atoms with Crippen LogP contribution in [0.4, 0.5) is 0 Å². The summed E-state index contributed by atoms with van der Waals surface area (Å²) in [6.45, 7) is 4.63. The maximum absolute atomic E-state index is 10.8. The molecule has 0 aromatic carbocycles. The number of hydrogen-bond acceptors (Lipinski definition) is 5. The monoisotopic (exact) mass is 307 g/mol. The molecule has 0 aliphatic rings. The summed E-state index contributed by atoms with van der Waals surface area (Å²) in [5.74, 6) is 0.395. The lowest BCUT2D eigenvalue weighted by molar-refractivity contribution is -0.137. The first-order valence-corrected chi connectivity index (χ1v) is 6.70. The first-order valence-electron chi connectivity index (χ1n) is 6.70. The molecule has 0 unspecified atom stereocenters. The number of imidazole rings is 1. The fourth-order valence-electron chi connectivity index (χ4n) is 1.97. The Hall–Kier alpha value is -2.48. The summed E-state index contributed by atoms with van der Waals surface area (Å²) in [7, 11) is 3.47. The predicted molar refractivity (Wildman–Crippen MR) is 82.5 cm³/mol. The van der Waals surface area contributed by atoms with Crippen LogP contribution in [0.5, 0.6) is 0 Å². The lowest BCUT2D eigenvalue weighted by Crippen LogP contribution is -2.38. The lowest BCUT2D eigenvalue weighted by atomic mass is 10.4. The van der Waals surface area contributed by atoms with Crippen LogP contribution in [0.1, 0.15) is 5.82 Å². The van der Waals surface area contributed by atoms with Gasteiger partial charge in [0, 0.05) is 19.4 Å². The molecule has 0 saturated heterocycles. The number of aromatic nitrogens is 2. The molecule has 0 aliphatic heterocycles. The van der Waals surface area contributed by atoms with Crippen LogP contribution in [0.25, 0.3) is 0 Å². The number of carbonyl (C=O) groups is 2. The van der Waals surface area contributed by atoms with E-state index >= 15 is 0 Å². The fraction of sp³-hybridized carbons (Fsp3) is 0.429. The van der Waals surface area contributed by atoms with Crippen LogP contribution in [0.3, 0.4) is 0 Å². The smallest absolute Gasteiger partial charge is 0.323 e. The number of nitrogens with zero attached hydrogens (tertiary/aromatic N) is 5. The molecule has 1 N–H and O–H groups in total. The maximum Gasteiger partial charge on any atom is 0.323 e. The van der Waals surface area contributed by atoms with Crippen LogP contribution in [0, 0.1) is 0 Å². The van der Waals surface area contributed by atoms with Gasteiger partial charge in [-0.15, -0.1) is 0 Å². The molecule has 8 heteroatoms. The van der Waals surface area contributed by atoms with E-state index in [0.717, 1.165) is 12.1 Å². The summed E-state index contributed by atoms with van der Waals surface area (Å²) in [4.78, 5) is 33.2. The average Bonchev–Trinajstić information content (AvgIpc) is 2.89. The normalized spacial score (nSPS) is 11.5. The van der Waals surface area contributed by atoms with Crippen LogP contribution in [-0.4, -0.2) is 69.7 Å². The minimum Gasteiger partial charge on any atom is -0.480 e. The standard InChI is InChI=1S/C14H21N5O3/c1-4-18(11-14(21)22)12(15-2)9-17(3)10-13-16-5-6-19(13)7-8-20/h4-6,8H,1,7,9-11H2,2-3H3,(H,21,22). The fourth-order valence-corrected chi connectivity index (χ4v) is 1.97. The predicted octanol–water partition coefficient (Wildman–Crippen LogP) is 0.0722. The highest BCUT2D eigenvalue weighted by Gasteiger charge is 2.15. The lowest BCUT2D eigenvalue weighted by Gasteiger charge is -2.24. The third kappa shape index (κ3) is 5.13. The molecule has 0 atom stereocenters. The van der Waals surface area contributed by atoms with Gasteiger partial charge in [-0.2, -0.15) is 0 Å². The Balaban J connectivity index is 2.70. The van der Waals surface area contributed by atoms with E-state index in [-0.39, 0.29) is 13.1 Å². The summed E-state index contributed by atoms with van der Waals surface area (Å²) in [6.07, 6.45) is 5.64. The van der Waals surface area contributed by atoms with Gasteiger partial charge in [-0.05, 0) is 13.2 Å². The topological polar surface area (TPSA) is 91.0 Å². The molecule has 0 fully saturated rings. The van der Waals surface area contributed by atoms with Crippen molar-refractivity contribution in [1.82, 2.24) is 19.4 Å². The van der Waals surface area contributed by atoms with Crippen LogP contribution in [-0.2, 0) is 22.7 Å². The number of aldehydes is 1. The van der Waals surface area contributed by atoms with Crippen molar-refractivity contribution >= 4 is 18.1 Å². The van der Waals surface area contributed by atoms with Crippen molar-refractivity contribution < 1.29 is 14.7 Å². The summed E-state index contributed by atoms with van der Waals surface area (Å²) >= 11 is 0. The summed E-state index contributed by atoms with van der Waals surface area (Å²) in [5, 5.41) is 8.89. The van der Waals surface area contributed by atoms with E-state index in [0.29, 0.717) is 18.9 Å². The van der Waals surface area contributed by atoms with Gasteiger partial charge in [-0.3, -0.25) is 14.7 Å². The maximum atomic E-state index is 10.8. The highest BCUT2D eigenvalue weighted by molar-refractivity contribution is 5.88. The van der Waals surface area contributed by atoms with Gasteiger partial charge in [0.15, 0.2) is 0 Å². The van der Waals surface area contributed by atoms with Gasteiger partial charge in [0.05, 0.1) is 19.6 Å². The quantitative estimate of drug-likeness (QED) is 0.394. The molecule has 0 radical (unpaired) electrons. The third-order valence-electron chi connectivity index (χ3n) is 3.01. The molecular weight excluding hydrogens is 286 g/mol. The van der Waals surface area contributed by atoms with Crippen LogP contribution in [0.2, 0.25) is 0 Å². The second-order valence-electron chi connectivity index (χ2n) is 4.68. The van der Waals surface area contributed by atoms with Gasteiger partial charge in [0.2, 0.25) is 0 Å². The number of hydrogen-bond donors (Lipinski definition) is 1. The minimum absolute atomic E-state index is 0.191. The van der Waals surface area contributed by atoms with Crippen LogP contribution < -0.4 is 0 Å². The summed E-state index contributed by atoms with van der Waals surface area (Å²) in [6, 6.07) is 0. The second-order valence-corrected chi connectivity index (χ2v) is 4.68. The molecule has 1 heterocycles. The highest BCUT2D eigenvalue weighted by Crippen LogP contribution is 2.03. The Morgan fingerprint density at radius 3 is 2.82 bits per heavy atom. The Morgan fingerprint density at radius 1 is 1.55 bits per heavy atom. The van der Waals surface area contributed by atoms with E-state index in [1.54, 1.807) is 24.0 Å². The number of likely N-dealkylation sites (N-methyl/N-ethyl adjacent to an activating group) is 1. The van der Waals surface area contributed by atoms with Crippen LogP contribution in [0.15, 0.2) is 30.2 Å². The number of rotatable bonds is 9. The molecule has 0 bridgehead atoms.